The number of rotatable bonds is 5. The third-order valence-electron chi connectivity index (χ3n) is 2.65. The van der Waals surface area contributed by atoms with Gasteiger partial charge in [-0.3, -0.25) is 0 Å². The highest BCUT2D eigenvalue weighted by atomic mass is 19.1. The Labute approximate surface area is 116 Å². The molecule has 0 saturated heterocycles. The second kappa shape index (κ2) is 6.14. The Morgan fingerprint density at radius 2 is 1.95 bits per heavy atom. The van der Waals surface area contributed by atoms with Crippen LogP contribution in [0.5, 0.6) is 6.01 Å². The van der Waals surface area contributed by atoms with E-state index in [4.69, 9.17) is 10.5 Å². The lowest BCUT2D eigenvalue weighted by molar-refractivity contribution is 0.379. The number of benzene rings is 1. The molecule has 20 heavy (non-hydrogen) atoms. The van der Waals surface area contributed by atoms with E-state index in [1.807, 2.05) is 6.92 Å². The van der Waals surface area contributed by atoms with Crippen LogP contribution in [-0.2, 0) is 6.42 Å². The first-order valence-corrected chi connectivity index (χ1v) is 6.13. The van der Waals surface area contributed by atoms with Crippen molar-refractivity contribution < 1.29 is 9.13 Å². The highest BCUT2D eigenvalue weighted by Crippen LogP contribution is 2.12. The number of methoxy groups -OCH3 is 1. The Balaban J connectivity index is 2.02. The highest BCUT2D eigenvalue weighted by molar-refractivity contribution is 5.34. The van der Waals surface area contributed by atoms with Crippen LogP contribution in [0.1, 0.15) is 12.5 Å². The van der Waals surface area contributed by atoms with Gasteiger partial charge in [0.25, 0.3) is 0 Å². The fourth-order valence-corrected chi connectivity index (χ4v) is 1.77. The van der Waals surface area contributed by atoms with Crippen molar-refractivity contribution in [2.24, 2.45) is 0 Å². The van der Waals surface area contributed by atoms with Crippen molar-refractivity contribution in [3.8, 4) is 6.01 Å². The lowest BCUT2D eigenvalue weighted by Gasteiger charge is -2.14. The van der Waals surface area contributed by atoms with Crippen LogP contribution < -0.4 is 15.8 Å². The van der Waals surface area contributed by atoms with Crippen LogP contribution in [0.25, 0.3) is 0 Å². The summed E-state index contributed by atoms with van der Waals surface area (Å²) in [4.78, 5) is 11.8. The molecule has 0 fully saturated rings. The van der Waals surface area contributed by atoms with E-state index < -0.39 is 0 Å². The van der Waals surface area contributed by atoms with Gasteiger partial charge in [0.1, 0.15) is 5.82 Å². The van der Waals surface area contributed by atoms with Crippen molar-refractivity contribution in [3.05, 3.63) is 35.6 Å². The summed E-state index contributed by atoms with van der Waals surface area (Å²) < 4.78 is 17.8. The Morgan fingerprint density at radius 3 is 2.60 bits per heavy atom. The molecule has 1 atom stereocenters. The van der Waals surface area contributed by atoms with Crippen LogP contribution in [0.3, 0.4) is 0 Å². The monoisotopic (exact) mass is 277 g/mol. The lowest BCUT2D eigenvalue weighted by atomic mass is 10.1. The smallest absolute Gasteiger partial charge is 0.322 e. The van der Waals surface area contributed by atoms with E-state index in [-0.39, 0.29) is 23.8 Å². The van der Waals surface area contributed by atoms with Gasteiger partial charge in [0, 0.05) is 6.04 Å². The molecule has 7 heteroatoms. The van der Waals surface area contributed by atoms with Gasteiger partial charge in [0.05, 0.1) is 7.11 Å². The molecule has 0 aliphatic rings. The molecule has 1 aromatic carbocycles. The molecule has 6 nitrogen and oxygen atoms in total. The van der Waals surface area contributed by atoms with Crippen LogP contribution in [0.2, 0.25) is 0 Å². The summed E-state index contributed by atoms with van der Waals surface area (Å²) in [5, 5.41) is 3.10. The van der Waals surface area contributed by atoms with Gasteiger partial charge in [0.2, 0.25) is 11.9 Å². The van der Waals surface area contributed by atoms with Gasteiger partial charge in [-0.1, -0.05) is 12.1 Å². The van der Waals surface area contributed by atoms with Crippen molar-refractivity contribution in [2.45, 2.75) is 19.4 Å². The Morgan fingerprint density at radius 1 is 1.25 bits per heavy atom. The number of halogens is 1. The molecule has 0 bridgehead atoms. The van der Waals surface area contributed by atoms with E-state index in [0.717, 1.165) is 5.56 Å². The second-order valence-electron chi connectivity index (χ2n) is 4.38. The van der Waals surface area contributed by atoms with E-state index in [1.54, 1.807) is 12.1 Å². The minimum Gasteiger partial charge on any atom is -0.467 e. The van der Waals surface area contributed by atoms with Crippen LogP contribution >= 0.6 is 0 Å². The number of aromatic nitrogens is 3. The minimum absolute atomic E-state index is 0.0481. The van der Waals surface area contributed by atoms with E-state index in [2.05, 4.69) is 20.3 Å². The van der Waals surface area contributed by atoms with Gasteiger partial charge < -0.3 is 15.8 Å². The van der Waals surface area contributed by atoms with Crippen molar-refractivity contribution in [1.29, 1.82) is 0 Å². The predicted molar refractivity (Wildman–Crippen MR) is 74.0 cm³/mol. The average molecular weight is 277 g/mol. The molecule has 2 aromatic rings. The molecule has 0 spiro atoms. The average Bonchev–Trinajstić information content (AvgIpc) is 2.40. The fourth-order valence-electron chi connectivity index (χ4n) is 1.77. The summed E-state index contributed by atoms with van der Waals surface area (Å²) in [6.07, 6.45) is 0.703. The summed E-state index contributed by atoms with van der Waals surface area (Å²) in [5.41, 5.74) is 6.57. The molecule has 0 radical (unpaired) electrons. The van der Waals surface area contributed by atoms with Gasteiger partial charge in [-0.25, -0.2) is 4.39 Å². The number of nitrogens with one attached hydrogen (secondary N) is 1. The first-order chi connectivity index (χ1) is 9.56. The van der Waals surface area contributed by atoms with Crippen LogP contribution in [0, 0.1) is 5.82 Å². The number of nitrogens with two attached hydrogens (primary N) is 1. The zero-order chi connectivity index (χ0) is 14.5. The molecular formula is C13H16FN5O. The van der Waals surface area contributed by atoms with Crippen molar-refractivity contribution in [3.63, 3.8) is 0 Å². The number of anilines is 2. The maximum Gasteiger partial charge on any atom is 0.322 e. The number of hydrogen-bond donors (Lipinski definition) is 2. The van der Waals surface area contributed by atoms with Crippen molar-refractivity contribution >= 4 is 11.9 Å². The van der Waals surface area contributed by atoms with Crippen LogP contribution in [0.15, 0.2) is 24.3 Å². The first-order valence-electron chi connectivity index (χ1n) is 6.13. The standard InChI is InChI=1S/C13H16FN5O/c1-8(7-9-3-5-10(14)6-4-9)16-12-17-11(15)18-13(19-12)20-2/h3-6,8H,7H2,1-2H3,(H3,15,16,17,18,19). The number of hydrogen-bond acceptors (Lipinski definition) is 6. The largest absolute Gasteiger partial charge is 0.467 e. The molecule has 106 valence electrons. The number of ether oxygens (including phenoxy) is 1. The maximum absolute atomic E-state index is 12.8. The number of nitrogens with zero attached hydrogens (tertiary/aromatic N) is 3. The summed E-state index contributed by atoms with van der Waals surface area (Å²) >= 11 is 0. The first kappa shape index (κ1) is 14.0. The predicted octanol–water partition coefficient (Wildman–Crippen LogP) is 1.64. The van der Waals surface area contributed by atoms with E-state index in [0.29, 0.717) is 12.4 Å². The molecule has 1 heterocycles. The Hall–Kier alpha value is -2.44. The van der Waals surface area contributed by atoms with Crippen molar-refractivity contribution in [2.75, 3.05) is 18.2 Å². The van der Waals surface area contributed by atoms with Gasteiger partial charge in [-0.15, -0.1) is 0 Å². The molecule has 2 rings (SSSR count). The highest BCUT2D eigenvalue weighted by Gasteiger charge is 2.09. The Kier molecular flexibility index (Phi) is 4.29. The molecule has 1 aromatic heterocycles. The van der Waals surface area contributed by atoms with Gasteiger partial charge in [-0.05, 0) is 31.0 Å². The second-order valence-corrected chi connectivity index (χ2v) is 4.38. The summed E-state index contributed by atoms with van der Waals surface area (Å²) in [5.74, 6) is 0.196. The van der Waals surface area contributed by atoms with Gasteiger partial charge in [0.15, 0.2) is 0 Å². The van der Waals surface area contributed by atoms with Crippen molar-refractivity contribution in [1.82, 2.24) is 15.0 Å². The fraction of sp³-hybridized carbons (Fsp3) is 0.308. The van der Waals surface area contributed by atoms with Crippen LogP contribution in [-0.4, -0.2) is 28.1 Å². The summed E-state index contributed by atoms with van der Waals surface area (Å²) in [6, 6.07) is 6.57. The van der Waals surface area contributed by atoms with Crippen LogP contribution in [0.4, 0.5) is 16.3 Å². The SMILES string of the molecule is COc1nc(N)nc(NC(C)Cc2ccc(F)cc2)n1. The summed E-state index contributed by atoms with van der Waals surface area (Å²) in [6.45, 7) is 1.97. The number of nitrogen functional groups attached to an aromatic ring is 1. The Bertz CT molecular complexity index is 575. The molecule has 0 aliphatic heterocycles. The minimum atomic E-state index is -0.246. The topological polar surface area (TPSA) is 86.0 Å². The van der Waals surface area contributed by atoms with E-state index >= 15 is 0 Å². The molecular weight excluding hydrogens is 261 g/mol. The zero-order valence-electron chi connectivity index (χ0n) is 11.3. The quantitative estimate of drug-likeness (QED) is 0.864. The van der Waals surface area contributed by atoms with E-state index in [1.165, 1.54) is 19.2 Å². The zero-order valence-corrected chi connectivity index (χ0v) is 11.3. The lowest BCUT2D eigenvalue weighted by Crippen LogP contribution is -2.20. The molecule has 0 amide bonds. The third kappa shape index (κ3) is 3.78. The third-order valence-corrected chi connectivity index (χ3v) is 2.65. The maximum atomic E-state index is 12.8. The molecule has 3 N–H and O–H groups in total. The summed E-state index contributed by atoms with van der Waals surface area (Å²) in [7, 11) is 1.46. The molecule has 1 unspecified atom stereocenters. The van der Waals surface area contributed by atoms with Gasteiger partial charge >= 0.3 is 6.01 Å². The molecule has 0 saturated carbocycles. The normalized spacial score (nSPS) is 11.9. The molecule has 0 aliphatic carbocycles. The van der Waals surface area contributed by atoms with E-state index in [9.17, 15) is 4.39 Å². The van der Waals surface area contributed by atoms with Gasteiger partial charge in [-0.2, -0.15) is 15.0 Å².